The van der Waals surface area contributed by atoms with Crippen LogP contribution >= 0.6 is 0 Å². The zero-order chi connectivity index (χ0) is 12.5. The molecule has 1 aliphatic heterocycles. The molecule has 1 aliphatic rings. The predicted molar refractivity (Wildman–Crippen MR) is 57.9 cm³/mol. The summed E-state index contributed by atoms with van der Waals surface area (Å²) in [6, 6.07) is 5.98. The molecule has 1 unspecified atom stereocenters. The third kappa shape index (κ3) is 3.26. The van der Waals surface area contributed by atoms with Gasteiger partial charge in [-0.3, -0.25) is 0 Å². The number of alkyl halides is 3. The van der Waals surface area contributed by atoms with E-state index >= 15 is 0 Å². The molecule has 17 heavy (non-hydrogen) atoms. The number of nitrogens with zero attached hydrogens (tertiary/aromatic N) is 1. The van der Waals surface area contributed by atoms with E-state index in [0.29, 0.717) is 0 Å². The van der Waals surface area contributed by atoms with Gasteiger partial charge in [0.1, 0.15) is 5.75 Å². The Morgan fingerprint density at radius 2 is 1.88 bits per heavy atom. The summed E-state index contributed by atoms with van der Waals surface area (Å²) < 4.78 is 39.6. The fraction of sp³-hybridized carbons (Fsp3) is 0.455. The topological polar surface area (TPSA) is 38.5 Å². The van der Waals surface area contributed by atoms with Gasteiger partial charge in [-0.15, -0.1) is 13.2 Å². The highest BCUT2D eigenvalue weighted by molar-refractivity contribution is 5.50. The van der Waals surface area contributed by atoms with E-state index in [2.05, 4.69) is 4.74 Å². The van der Waals surface area contributed by atoms with E-state index in [0.717, 1.165) is 25.2 Å². The second-order valence-electron chi connectivity index (χ2n) is 4.04. The molecular weight excluding hydrogens is 233 g/mol. The number of rotatable bonds is 2. The van der Waals surface area contributed by atoms with Crippen molar-refractivity contribution in [1.29, 1.82) is 0 Å². The van der Waals surface area contributed by atoms with Crippen molar-refractivity contribution in [2.24, 2.45) is 5.73 Å². The minimum atomic E-state index is -4.64. The molecule has 1 fully saturated rings. The highest BCUT2D eigenvalue weighted by Crippen LogP contribution is 2.26. The fourth-order valence-corrected chi connectivity index (χ4v) is 1.88. The first-order chi connectivity index (χ1) is 7.94. The van der Waals surface area contributed by atoms with Gasteiger partial charge in [-0.1, -0.05) is 0 Å². The normalized spacial score (nSPS) is 20.7. The van der Waals surface area contributed by atoms with E-state index in [9.17, 15) is 13.2 Å². The average molecular weight is 246 g/mol. The molecule has 1 saturated heterocycles. The van der Waals surface area contributed by atoms with Gasteiger partial charge in [0.15, 0.2) is 0 Å². The molecule has 0 aliphatic carbocycles. The van der Waals surface area contributed by atoms with Gasteiger partial charge in [-0.2, -0.15) is 0 Å². The molecule has 2 rings (SSSR count). The zero-order valence-electron chi connectivity index (χ0n) is 9.07. The van der Waals surface area contributed by atoms with Gasteiger partial charge in [0, 0.05) is 24.8 Å². The summed E-state index contributed by atoms with van der Waals surface area (Å²) in [5, 5.41) is 0. The molecule has 1 heterocycles. The molecule has 1 aromatic rings. The standard InChI is InChI=1S/C11H13F3N2O/c12-11(13,14)17-10-3-1-9(2-4-10)16-6-5-8(15)7-16/h1-4,8H,5-7,15H2. The van der Waals surface area contributed by atoms with Crippen LogP contribution in [0.15, 0.2) is 24.3 Å². The van der Waals surface area contributed by atoms with E-state index < -0.39 is 6.36 Å². The lowest BCUT2D eigenvalue weighted by molar-refractivity contribution is -0.274. The number of halogens is 3. The lowest BCUT2D eigenvalue weighted by Gasteiger charge is -2.18. The van der Waals surface area contributed by atoms with Gasteiger partial charge in [-0.25, -0.2) is 0 Å². The fourth-order valence-electron chi connectivity index (χ4n) is 1.88. The minimum Gasteiger partial charge on any atom is -0.406 e. The predicted octanol–water partition coefficient (Wildman–Crippen LogP) is 2.12. The van der Waals surface area contributed by atoms with Gasteiger partial charge in [0.2, 0.25) is 0 Å². The van der Waals surface area contributed by atoms with Crippen molar-refractivity contribution >= 4 is 5.69 Å². The van der Waals surface area contributed by atoms with E-state index in [1.807, 2.05) is 4.90 Å². The van der Waals surface area contributed by atoms with Crippen LogP contribution in [0, 0.1) is 0 Å². The zero-order valence-corrected chi connectivity index (χ0v) is 9.07. The van der Waals surface area contributed by atoms with Gasteiger partial charge in [0.05, 0.1) is 0 Å². The van der Waals surface area contributed by atoms with Crippen LogP contribution in [0.4, 0.5) is 18.9 Å². The summed E-state index contributed by atoms with van der Waals surface area (Å²) in [7, 11) is 0. The Labute approximate surface area is 97.0 Å². The van der Waals surface area contributed by atoms with Crippen LogP contribution in [0.3, 0.4) is 0 Å². The molecule has 94 valence electrons. The first-order valence-corrected chi connectivity index (χ1v) is 5.30. The Kier molecular flexibility index (Phi) is 3.15. The van der Waals surface area contributed by atoms with Crippen LogP contribution in [-0.4, -0.2) is 25.5 Å². The molecular formula is C11H13F3N2O. The summed E-state index contributed by atoms with van der Waals surface area (Å²) in [6.45, 7) is 1.57. The first-order valence-electron chi connectivity index (χ1n) is 5.30. The average Bonchev–Trinajstić information content (AvgIpc) is 2.63. The summed E-state index contributed by atoms with van der Waals surface area (Å²) in [4.78, 5) is 2.04. The largest absolute Gasteiger partial charge is 0.573 e. The molecule has 6 heteroatoms. The summed E-state index contributed by atoms with van der Waals surface area (Å²) in [6.07, 6.45) is -3.74. The summed E-state index contributed by atoms with van der Waals surface area (Å²) in [5.74, 6) is -0.204. The van der Waals surface area contributed by atoms with E-state index in [-0.39, 0.29) is 11.8 Å². The lowest BCUT2D eigenvalue weighted by Crippen LogP contribution is -2.26. The molecule has 2 N–H and O–H groups in total. The summed E-state index contributed by atoms with van der Waals surface area (Å²) >= 11 is 0. The lowest BCUT2D eigenvalue weighted by atomic mass is 10.3. The number of nitrogens with two attached hydrogens (primary N) is 1. The van der Waals surface area contributed by atoms with Crippen LogP contribution < -0.4 is 15.4 Å². The van der Waals surface area contributed by atoms with Crippen molar-refractivity contribution in [1.82, 2.24) is 0 Å². The van der Waals surface area contributed by atoms with Crippen molar-refractivity contribution in [3.63, 3.8) is 0 Å². The van der Waals surface area contributed by atoms with Crippen molar-refractivity contribution in [3.05, 3.63) is 24.3 Å². The number of benzene rings is 1. The maximum Gasteiger partial charge on any atom is 0.573 e. The maximum absolute atomic E-state index is 11.9. The molecule has 0 saturated carbocycles. The van der Waals surface area contributed by atoms with Gasteiger partial charge < -0.3 is 15.4 Å². The van der Waals surface area contributed by atoms with Gasteiger partial charge in [0.25, 0.3) is 0 Å². The highest BCUT2D eigenvalue weighted by atomic mass is 19.4. The van der Waals surface area contributed by atoms with Crippen LogP contribution in [0.5, 0.6) is 5.75 Å². The SMILES string of the molecule is NC1CCN(c2ccc(OC(F)(F)F)cc2)C1. The van der Waals surface area contributed by atoms with Crippen molar-refractivity contribution in [2.75, 3.05) is 18.0 Å². The maximum atomic E-state index is 11.9. The number of anilines is 1. The van der Waals surface area contributed by atoms with Crippen LogP contribution in [0.25, 0.3) is 0 Å². The molecule has 3 nitrogen and oxygen atoms in total. The first kappa shape index (κ1) is 12.0. The molecule has 0 amide bonds. The van der Waals surface area contributed by atoms with Crippen LogP contribution in [-0.2, 0) is 0 Å². The smallest absolute Gasteiger partial charge is 0.406 e. The van der Waals surface area contributed by atoms with Crippen molar-refractivity contribution in [2.45, 2.75) is 18.8 Å². The summed E-state index contributed by atoms with van der Waals surface area (Å²) in [5.41, 5.74) is 6.63. The van der Waals surface area contributed by atoms with Crippen LogP contribution in [0.1, 0.15) is 6.42 Å². The van der Waals surface area contributed by atoms with Crippen LogP contribution in [0.2, 0.25) is 0 Å². The number of ether oxygens (including phenoxy) is 1. The molecule has 1 atom stereocenters. The second-order valence-corrected chi connectivity index (χ2v) is 4.04. The Morgan fingerprint density at radius 1 is 1.24 bits per heavy atom. The third-order valence-corrected chi connectivity index (χ3v) is 2.66. The van der Waals surface area contributed by atoms with E-state index in [4.69, 9.17) is 5.73 Å². The Morgan fingerprint density at radius 3 is 2.35 bits per heavy atom. The third-order valence-electron chi connectivity index (χ3n) is 2.66. The molecule has 0 radical (unpaired) electrons. The highest BCUT2D eigenvalue weighted by Gasteiger charge is 2.31. The van der Waals surface area contributed by atoms with Crippen molar-refractivity contribution < 1.29 is 17.9 Å². The molecule has 1 aromatic carbocycles. The number of hydrogen-bond acceptors (Lipinski definition) is 3. The minimum absolute atomic E-state index is 0.140. The van der Waals surface area contributed by atoms with E-state index in [1.165, 1.54) is 12.1 Å². The molecule has 0 spiro atoms. The molecule has 0 aromatic heterocycles. The second kappa shape index (κ2) is 4.44. The monoisotopic (exact) mass is 246 g/mol. The van der Waals surface area contributed by atoms with Gasteiger partial charge in [-0.05, 0) is 30.7 Å². The van der Waals surface area contributed by atoms with Gasteiger partial charge >= 0.3 is 6.36 Å². The Bertz CT molecular complexity index is 377. The van der Waals surface area contributed by atoms with E-state index in [1.54, 1.807) is 12.1 Å². The Balaban J connectivity index is 2.03. The Hall–Kier alpha value is -1.43. The molecule has 0 bridgehead atoms. The number of hydrogen-bond donors (Lipinski definition) is 1. The van der Waals surface area contributed by atoms with Crippen molar-refractivity contribution in [3.8, 4) is 5.75 Å². The quantitative estimate of drug-likeness (QED) is 0.868.